The van der Waals surface area contributed by atoms with Crippen LogP contribution in [-0.4, -0.2) is 35.0 Å². The van der Waals surface area contributed by atoms with Crippen LogP contribution in [0.5, 0.6) is 0 Å². The first-order chi connectivity index (χ1) is 14.2. The summed E-state index contributed by atoms with van der Waals surface area (Å²) in [5.41, 5.74) is 0.458. The largest absolute Gasteiger partial charge is 0.444 e. The number of ketones is 1. The molecule has 1 saturated heterocycles. The second kappa shape index (κ2) is 8.65. The molecule has 2 aromatic rings. The molecule has 7 heteroatoms. The van der Waals surface area contributed by atoms with Crippen LogP contribution in [0.2, 0.25) is 0 Å². The van der Waals surface area contributed by atoms with E-state index in [1.807, 2.05) is 51.1 Å². The highest BCUT2D eigenvalue weighted by molar-refractivity contribution is 6.00. The molecule has 30 heavy (non-hydrogen) atoms. The van der Waals surface area contributed by atoms with E-state index in [0.717, 1.165) is 5.56 Å². The van der Waals surface area contributed by atoms with Crippen LogP contribution in [-0.2, 0) is 20.9 Å². The second-order valence-electron chi connectivity index (χ2n) is 8.25. The first-order valence-corrected chi connectivity index (χ1v) is 9.65. The Hall–Kier alpha value is -3.22. The number of Topliss-reactive ketones (excluding diaryl/α,β-unsaturated/α-hetero) is 1. The average Bonchev–Trinajstić information content (AvgIpc) is 3.04. The van der Waals surface area contributed by atoms with E-state index in [1.54, 1.807) is 0 Å². The minimum Gasteiger partial charge on any atom is -0.444 e. The second-order valence-corrected chi connectivity index (χ2v) is 8.25. The zero-order valence-electron chi connectivity index (χ0n) is 17.1. The van der Waals surface area contributed by atoms with Crippen molar-refractivity contribution in [3.8, 4) is 0 Å². The number of carbonyl (C=O) groups excluding carboxylic acids is 3. The number of nitrogens with zero attached hydrogens (tertiary/aromatic N) is 1. The normalized spacial score (nSPS) is 18.8. The lowest BCUT2D eigenvalue weighted by atomic mass is 9.93. The molecule has 6 nitrogen and oxygen atoms in total. The van der Waals surface area contributed by atoms with Crippen LogP contribution in [0.15, 0.2) is 54.6 Å². The van der Waals surface area contributed by atoms with Gasteiger partial charge in [0.15, 0.2) is 12.0 Å². The highest BCUT2D eigenvalue weighted by atomic mass is 19.1. The molecule has 0 radical (unpaired) electrons. The van der Waals surface area contributed by atoms with Crippen molar-refractivity contribution >= 4 is 17.8 Å². The number of halogens is 1. The van der Waals surface area contributed by atoms with Crippen LogP contribution < -0.4 is 0 Å². The van der Waals surface area contributed by atoms with Gasteiger partial charge in [0, 0.05) is 17.4 Å². The van der Waals surface area contributed by atoms with Gasteiger partial charge in [0.2, 0.25) is 0 Å². The maximum Gasteiger partial charge on any atom is 0.413 e. The summed E-state index contributed by atoms with van der Waals surface area (Å²) in [7, 11) is 0. The van der Waals surface area contributed by atoms with Gasteiger partial charge >= 0.3 is 12.1 Å². The number of hydrogen-bond donors (Lipinski definition) is 0. The Morgan fingerprint density at radius 1 is 1.07 bits per heavy atom. The smallest absolute Gasteiger partial charge is 0.413 e. The topological polar surface area (TPSA) is 72.9 Å². The van der Waals surface area contributed by atoms with Crippen molar-refractivity contribution < 1.29 is 28.2 Å². The van der Waals surface area contributed by atoms with Crippen LogP contribution in [0.25, 0.3) is 0 Å². The summed E-state index contributed by atoms with van der Waals surface area (Å²) in [5, 5.41) is 0. The Morgan fingerprint density at radius 2 is 1.70 bits per heavy atom. The van der Waals surface area contributed by atoms with Crippen LogP contribution in [0, 0.1) is 11.2 Å². The molecule has 0 bridgehead atoms. The number of benzene rings is 2. The fourth-order valence-corrected chi connectivity index (χ4v) is 3.24. The zero-order chi connectivity index (χ0) is 21.9. The molecule has 0 aromatic heterocycles. The summed E-state index contributed by atoms with van der Waals surface area (Å²) in [6.07, 6.45) is -1.89. The lowest BCUT2D eigenvalue weighted by molar-refractivity contribution is -0.147. The van der Waals surface area contributed by atoms with Crippen molar-refractivity contribution in [2.75, 3.05) is 0 Å². The molecule has 1 fully saturated rings. The van der Waals surface area contributed by atoms with E-state index < -0.39 is 41.3 Å². The number of rotatable bonds is 5. The fraction of sp³-hybridized carbons (Fsp3) is 0.348. The first-order valence-electron chi connectivity index (χ1n) is 9.65. The molecule has 0 N–H and O–H groups in total. The maximum absolute atomic E-state index is 13.1. The predicted octanol–water partition coefficient (Wildman–Crippen LogP) is 4.33. The molecule has 0 aliphatic carbocycles. The molecule has 1 heterocycles. The summed E-state index contributed by atoms with van der Waals surface area (Å²) < 4.78 is 24.0. The molecule has 2 atom stereocenters. The van der Waals surface area contributed by atoms with Crippen molar-refractivity contribution in [3.05, 3.63) is 71.5 Å². The summed E-state index contributed by atoms with van der Waals surface area (Å²) in [6, 6.07) is 13.1. The molecule has 158 valence electrons. The highest BCUT2D eigenvalue weighted by Crippen LogP contribution is 2.34. The predicted molar refractivity (Wildman–Crippen MR) is 107 cm³/mol. The van der Waals surface area contributed by atoms with Gasteiger partial charge in [-0.15, -0.1) is 0 Å². The van der Waals surface area contributed by atoms with Crippen molar-refractivity contribution in [2.24, 2.45) is 5.41 Å². The van der Waals surface area contributed by atoms with Gasteiger partial charge in [-0.25, -0.2) is 14.0 Å². The van der Waals surface area contributed by atoms with Crippen molar-refractivity contribution in [1.29, 1.82) is 0 Å². The Labute approximate surface area is 174 Å². The van der Waals surface area contributed by atoms with Gasteiger partial charge in [-0.2, -0.15) is 0 Å². The summed E-state index contributed by atoms with van der Waals surface area (Å²) in [5.74, 6) is -1.53. The minimum absolute atomic E-state index is 0.0276. The van der Waals surface area contributed by atoms with Gasteiger partial charge < -0.3 is 9.47 Å². The molecule has 3 rings (SSSR count). The van der Waals surface area contributed by atoms with Crippen LogP contribution >= 0.6 is 0 Å². The number of amides is 1. The quantitative estimate of drug-likeness (QED) is 0.539. The lowest BCUT2D eigenvalue weighted by Crippen LogP contribution is -2.48. The highest BCUT2D eigenvalue weighted by Gasteiger charge is 2.51. The summed E-state index contributed by atoms with van der Waals surface area (Å²) in [4.78, 5) is 39.3. The number of carbonyl (C=O) groups is 3. The Kier molecular flexibility index (Phi) is 6.20. The number of hydrogen-bond acceptors (Lipinski definition) is 5. The zero-order valence-corrected chi connectivity index (χ0v) is 17.1. The van der Waals surface area contributed by atoms with E-state index in [0.29, 0.717) is 0 Å². The van der Waals surface area contributed by atoms with Gasteiger partial charge in [0.05, 0.1) is 0 Å². The SMILES string of the molecule is CC(C)(C)[C@@H]1OC(=O)[C@H](CC(=O)c2ccc(F)cc2)N1C(=O)OCc1ccccc1. The molecule has 1 aliphatic rings. The van der Waals surface area contributed by atoms with Crippen LogP contribution in [0.3, 0.4) is 0 Å². The third-order valence-corrected chi connectivity index (χ3v) is 4.79. The molecule has 1 amide bonds. The van der Waals surface area contributed by atoms with E-state index in [4.69, 9.17) is 9.47 Å². The van der Waals surface area contributed by atoms with Crippen LogP contribution in [0.4, 0.5) is 9.18 Å². The Morgan fingerprint density at radius 3 is 2.30 bits per heavy atom. The fourth-order valence-electron chi connectivity index (χ4n) is 3.24. The molecule has 0 saturated carbocycles. The third kappa shape index (κ3) is 4.84. The van der Waals surface area contributed by atoms with Crippen molar-refractivity contribution in [1.82, 2.24) is 4.90 Å². The maximum atomic E-state index is 13.1. The third-order valence-electron chi connectivity index (χ3n) is 4.79. The van der Waals surface area contributed by atoms with Crippen LogP contribution in [0.1, 0.15) is 43.1 Å². The van der Waals surface area contributed by atoms with Gasteiger partial charge in [0.25, 0.3) is 0 Å². The summed E-state index contributed by atoms with van der Waals surface area (Å²) in [6.45, 7) is 5.51. The first kappa shape index (κ1) is 21.5. The van der Waals surface area contributed by atoms with Crippen molar-refractivity contribution in [2.45, 2.75) is 46.1 Å². The van der Waals surface area contributed by atoms with Crippen molar-refractivity contribution in [3.63, 3.8) is 0 Å². The van der Waals surface area contributed by atoms with E-state index in [2.05, 4.69) is 0 Å². The van der Waals surface area contributed by atoms with Gasteiger partial charge in [0.1, 0.15) is 18.5 Å². The molecule has 0 unspecified atom stereocenters. The number of esters is 1. The number of ether oxygens (including phenoxy) is 2. The Balaban J connectivity index is 1.80. The van der Waals surface area contributed by atoms with E-state index >= 15 is 0 Å². The minimum atomic E-state index is -1.12. The lowest BCUT2D eigenvalue weighted by Gasteiger charge is -2.33. The van der Waals surface area contributed by atoms with Gasteiger partial charge in [-0.3, -0.25) is 9.69 Å². The monoisotopic (exact) mass is 413 g/mol. The molecule has 2 aromatic carbocycles. The van der Waals surface area contributed by atoms with Gasteiger partial charge in [-0.05, 0) is 29.8 Å². The molecule has 0 spiro atoms. The Bertz CT molecular complexity index is 921. The van der Waals surface area contributed by atoms with E-state index in [-0.39, 0.29) is 18.6 Å². The molecular weight excluding hydrogens is 389 g/mol. The van der Waals surface area contributed by atoms with Gasteiger partial charge in [-0.1, -0.05) is 51.1 Å². The molecular formula is C23H24FNO5. The summed E-state index contributed by atoms with van der Waals surface area (Å²) >= 11 is 0. The van der Waals surface area contributed by atoms with E-state index in [1.165, 1.54) is 29.2 Å². The standard InChI is InChI=1S/C23H24FNO5/c1-23(2,3)21-25(22(28)29-14-15-7-5-4-6-8-15)18(20(27)30-21)13-19(26)16-9-11-17(24)12-10-16/h4-12,18,21H,13-14H2,1-3H3/t18-,21-/m0/s1. The average molecular weight is 413 g/mol. The number of cyclic esters (lactones) is 1. The van der Waals surface area contributed by atoms with E-state index in [9.17, 15) is 18.8 Å². The molecule has 1 aliphatic heterocycles.